The summed E-state index contributed by atoms with van der Waals surface area (Å²) >= 11 is 0. The van der Waals surface area contributed by atoms with Crippen molar-refractivity contribution in [2.45, 2.75) is 39.2 Å². The molecule has 0 unspecified atom stereocenters. The molecule has 2 fully saturated rings. The standard InChI is InChI=1S/C17H26N2/c1-13-3-4-14(2)16(11-13)17(12-15-5-6-15)19-9-7-18-8-10-19/h3-4,11,15,17-18H,5-10,12H2,1-2H3/t17-/m0/s1. The number of aryl methyl sites for hydroxylation is 2. The monoisotopic (exact) mass is 258 g/mol. The van der Waals surface area contributed by atoms with Crippen molar-refractivity contribution >= 4 is 0 Å². The van der Waals surface area contributed by atoms with E-state index in [1.165, 1.54) is 43.5 Å². The van der Waals surface area contributed by atoms with Crippen molar-refractivity contribution < 1.29 is 0 Å². The Balaban J connectivity index is 1.85. The van der Waals surface area contributed by atoms with Crippen LogP contribution >= 0.6 is 0 Å². The first kappa shape index (κ1) is 13.1. The number of hydrogen-bond donors (Lipinski definition) is 1. The lowest BCUT2D eigenvalue weighted by atomic mass is 9.93. The van der Waals surface area contributed by atoms with E-state index in [2.05, 4.69) is 42.3 Å². The first-order valence-electron chi connectivity index (χ1n) is 7.76. The van der Waals surface area contributed by atoms with E-state index >= 15 is 0 Å². The molecule has 0 amide bonds. The predicted molar refractivity (Wildman–Crippen MR) is 80.4 cm³/mol. The van der Waals surface area contributed by atoms with Crippen LogP contribution in [0.2, 0.25) is 0 Å². The summed E-state index contributed by atoms with van der Waals surface area (Å²) < 4.78 is 0. The summed E-state index contributed by atoms with van der Waals surface area (Å²) in [6.07, 6.45) is 4.27. The highest BCUT2D eigenvalue weighted by atomic mass is 15.2. The molecule has 3 rings (SSSR count). The number of benzene rings is 1. The SMILES string of the molecule is Cc1ccc(C)c([C@H](CC2CC2)N2CCNCC2)c1. The minimum atomic E-state index is 0.648. The van der Waals surface area contributed by atoms with Crippen LogP contribution in [0, 0.1) is 19.8 Å². The van der Waals surface area contributed by atoms with Gasteiger partial charge in [-0.1, -0.05) is 36.6 Å². The highest BCUT2D eigenvalue weighted by Crippen LogP contribution is 2.41. The third kappa shape index (κ3) is 3.18. The van der Waals surface area contributed by atoms with Crippen LogP contribution in [-0.4, -0.2) is 31.1 Å². The van der Waals surface area contributed by atoms with E-state index < -0.39 is 0 Å². The molecule has 2 nitrogen and oxygen atoms in total. The lowest BCUT2D eigenvalue weighted by Crippen LogP contribution is -2.45. The molecule has 0 bridgehead atoms. The molecule has 2 aliphatic rings. The van der Waals surface area contributed by atoms with Crippen LogP contribution in [0.3, 0.4) is 0 Å². The molecule has 104 valence electrons. The molecular formula is C17H26N2. The largest absolute Gasteiger partial charge is 0.314 e. The summed E-state index contributed by atoms with van der Waals surface area (Å²) in [7, 11) is 0. The van der Waals surface area contributed by atoms with Crippen LogP contribution in [0.1, 0.15) is 42.0 Å². The summed E-state index contributed by atoms with van der Waals surface area (Å²) in [6.45, 7) is 9.18. The number of rotatable bonds is 4. The minimum Gasteiger partial charge on any atom is -0.314 e. The van der Waals surface area contributed by atoms with E-state index in [1.807, 2.05) is 0 Å². The Morgan fingerprint density at radius 2 is 1.95 bits per heavy atom. The van der Waals surface area contributed by atoms with Crippen molar-refractivity contribution in [3.05, 3.63) is 34.9 Å². The fourth-order valence-electron chi connectivity index (χ4n) is 3.25. The molecule has 1 aromatic carbocycles. The van der Waals surface area contributed by atoms with Gasteiger partial charge in [-0.15, -0.1) is 0 Å². The number of piperazine rings is 1. The average molecular weight is 258 g/mol. The molecule has 19 heavy (non-hydrogen) atoms. The van der Waals surface area contributed by atoms with Crippen molar-refractivity contribution in [1.29, 1.82) is 0 Å². The van der Waals surface area contributed by atoms with Crippen LogP contribution in [0.4, 0.5) is 0 Å². The summed E-state index contributed by atoms with van der Waals surface area (Å²) in [5.41, 5.74) is 4.44. The summed E-state index contributed by atoms with van der Waals surface area (Å²) in [4.78, 5) is 2.70. The molecule has 0 aromatic heterocycles. The Hall–Kier alpha value is -0.860. The summed E-state index contributed by atoms with van der Waals surface area (Å²) in [5, 5.41) is 3.47. The van der Waals surface area contributed by atoms with Gasteiger partial charge in [-0.25, -0.2) is 0 Å². The van der Waals surface area contributed by atoms with E-state index in [4.69, 9.17) is 0 Å². The van der Waals surface area contributed by atoms with Crippen molar-refractivity contribution in [2.75, 3.05) is 26.2 Å². The predicted octanol–water partition coefficient (Wildman–Crippen LogP) is 3.05. The summed E-state index contributed by atoms with van der Waals surface area (Å²) in [5.74, 6) is 0.986. The van der Waals surface area contributed by atoms with Gasteiger partial charge in [0.05, 0.1) is 0 Å². The van der Waals surface area contributed by atoms with Gasteiger partial charge < -0.3 is 5.32 Å². The van der Waals surface area contributed by atoms with E-state index in [9.17, 15) is 0 Å². The van der Waals surface area contributed by atoms with Gasteiger partial charge in [0, 0.05) is 32.2 Å². The van der Waals surface area contributed by atoms with Gasteiger partial charge in [0.2, 0.25) is 0 Å². The van der Waals surface area contributed by atoms with Gasteiger partial charge in [0.25, 0.3) is 0 Å². The van der Waals surface area contributed by atoms with Crippen molar-refractivity contribution in [1.82, 2.24) is 10.2 Å². The lowest BCUT2D eigenvalue weighted by Gasteiger charge is -2.36. The maximum Gasteiger partial charge on any atom is 0.0354 e. The number of hydrogen-bond acceptors (Lipinski definition) is 2. The Kier molecular flexibility index (Phi) is 3.90. The van der Waals surface area contributed by atoms with Crippen molar-refractivity contribution in [3.63, 3.8) is 0 Å². The quantitative estimate of drug-likeness (QED) is 0.893. The Bertz CT molecular complexity index is 431. The van der Waals surface area contributed by atoms with Gasteiger partial charge in [-0.05, 0) is 37.3 Å². The number of nitrogens with zero attached hydrogens (tertiary/aromatic N) is 1. The van der Waals surface area contributed by atoms with Crippen molar-refractivity contribution in [2.24, 2.45) is 5.92 Å². The van der Waals surface area contributed by atoms with Crippen LogP contribution in [0.25, 0.3) is 0 Å². The van der Waals surface area contributed by atoms with Crippen LogP contribution in [-0.2, 0) is 0 Å². The van der Waals surface area contributed by atoms with E-state index in [0.29, 0.717) is 6.04 Å². The van der Waals surface area contributed by atoms with Gasteiger partial charge >= 0.3 is 0 Å². The van der Waals surface area contributed by atoms with Crippen LogP contribution in [0.5, 0.6) is 0 Å². The molecule has 1 aromatic rings. The second-order valence-electron chi connectivity index (χ2n) is 6.34. The molecular weight excluding hydrogens is 232 g/mol. The van der Waals surface area contributed by atoms with Crippen molar-refractivity contribution in [3.8, 4) is 0 Å². The first-order valence-corrected chi connectivity index (χ1v) is 7.76. The van der Waals surface area contributed by atoms with Gasteiger partial charge in [-0.2, -0.15) is 0 Å². The fraction of sp³-hybridized carbons (Fsp3) is 0.647. The lowest BCUT2D eigenvalue weighted by molar-refractivity contribution is 0.160. The third-order valence-electron chi connectivity index (χ3n) is 4.64. The molecule has 2 heteroatoms. The van der Waals surface area contributed by atoms with E-state index in [1.54, 1.807) is 5.56 Å². The Labute approximate surface area is 117 Å². The van der Waals surface area contributed by atoms with Crippen LogP contribution in [0.15, 0.2) is 18.2 Å². The zero-order valence-corrected chi connectivity index (χ0v) is 12.3. The van der Waals surface area contributed by atoms with E-state index in [-0.39, 0.29) is 0 Å². The van der Waals surface area contributed by atoms with Crippen LogP contribution < -0.4 is 5.32 Å². The zero-order chi connectivity index (χ0) is 13.2. The Morgan fingerprint density at radius 3 is 2.63 bits per heavy atom. The van der Waals surface area contributed by atoms with Gasteiger partial charge in [-0.3, -0.25) is 4.90 Å². The first-order chi connectivity index (χ1) is 9.24. The third-order valence-corrected chi connectivity index (χ3v) is 4.64. The Morgan fingerprint density at radius 1 is 1.21 bits per heavy atom. The fourth-order valence-corrected chi connectivity index (χ4v) is 3.25. The molecule has 1 aliphatic heterocycles. The molecule has 1 N–H and O–H groups in total. The second kappa shape index (κ2) is 5.64. The zero-order valence-electron chi connectivity index (χ0n) is 12.3. The maximum atomic E-state index is 3.47. The molecule has 1 saturated carbocycles. The second-order valence-corrected chi connectivity index (χ2v) is 6.34. The number of nitrogens with one attached hydrogen (secondary N) is 1. The molecule has 1 aliphatic carbocycles. The topological polar surface area (TPSA) is 15.3 Å². The highest BCUT2D eigenvalue weighted by Gasteiger charge is 2.31. The highest BCUT2D eigenvalue weighted by molar-refractivity contribution is 5.33. The minimum absolute atomic E-state index is 0.648. The molecule has 0 spiro atoms. The molecule has 1 atom stereocenters. The average Bonchev–Trinajstić information content (AvgIpc) is 3.24. The smallest absolute Gasteiger partial charge is 0.0354 e. The summed E-state index contributed by atoms with van der Waals surface area (Å²) in [6, 6.07) is 7.61. The normalized spacial score (nSPS) is 22.4. The maximum absolute atomic E-state index is 3.47. The van der Waals surface area contributed by atoms with Gasteiger partial charge in [0.15, 0.2) is 0 Å². The van der Waals surface area contributed by atoms with Gasteiger partial charge in [0.1, 0.15) is 0 Å². The molecule has 0 radical (unpaired) electrons. The van der Waals surface area contributed by atoms with E-state index in [0.717, 1.165) is 19.0 Å². The molecule has 1 heterocycles. The molecule has 1 saturated heterocycles.